The number of rotatable bonds is 5. The molecule has 3 aromatic heterocycles. The lowest BCUT2D eigenvalue weighted by Crippen LogP contribution is -2.05. The second kappa shape index (κ2) is 13.0. The molecule has 0 radical (unpaired) electrons. The minimum atomic E-state index is 0.524. The summed E-state index contributed by atoms with van der Waals surface area (Å²) in [6.45, 7) is 0. The fourth-order valence-electron chi connectivity index (χ4n) is 8.14. The molecule has 10 rings (SSSR count). The van der Waals surface area contributed by atoms with E-state index in [1.165, 1.54) is 0 Å². The van der Waals surface area contributed by atoms with E-state index in [9.17, 15) is 15.8 Å². The van der Waals surface area contributed by atoms with E-state index in [0.717, 1.165) is 88.4 Å². The lowest BCUT2D eigenvalue weighted by molar-refractivity contribution is 1.13. The molecule has 0 atom stereocenters. The maximum absolute atomic E-state index is 10.7. The van der Waals surface area contributed by atoms with Crippen molar-refractivity contribution in [2.45, 2.75) is 0 Å². The Morgan fingerprint density at radius 2 is 0.768 bits per heavy atom. The van der Waals surface area contributed by atoms with Gasteiger partial charge in [-0.15, -0.1) is 0 Å². The van der Waals surface area contributed by atoms with Crippen LogP contribution in [0, 0.1) is 34.0 Å². The van der Waals surface area contributed by atoms with E-state index in [0.29, 0.717) is 16.7 Å². The van der Waals surface area contributed by atoms with Gasteiger partial charge in [0, 0.05) is 39.5 Å². The summed E-state index contributed by atoms with van der Waals surface area (Å²) in [5, 5.41) is 34.0. The van der Waals surface area contributed by atoms with Crippen molar-refractivity contribution in [3.63, 3.8) is 0 Å². The Hall–Kier alpha value is -8.24. The van der Waals surface area contributed by atoms with E-state index in [1.807, 2.05) is 85.2 Å². The van der Waals surface area contributed by atoms with E-state index in [2.05, 4.69) is 117 Å². The average Bonchev–Trinajstić information content (AvgIpc) is 3.78. The molecule has 6 heteroatoms. The zero-order chi connectivity index (χ0) is 37.8. The maximum Gasteiger partial charge on any atom is 0.0993 e. The van der Waals surface area contributed by atoms with Gasteiger partial charge in [0.1, 0.15) is 0 Å². The minimum Gasteiger partial charge on any atom is -0.308 e. The third-order valence-electron chi connectivity index (χ3n) is 10.7. The average molecular weight is 713 g/mol. The number of benzene rings is 7. The van der Waals surface area contributed by atoms with Crippen molar-refractivity contribution >= 4 is 43.6 Å². The van der Waals surface area contributed by atoms with Crippen LogP contribution in [0.1, 0.15) is 16.7 Å². The van der Waals surface area contributed by atoms with Gasteiger partial charge in [-0.3, -0.25) is 4.98 Å². The Morgan fingerprint density at radius 3 is 1.21 bits per heavy atom. The number of nitriles is 3. The molecule has 0 saturated carbocycles. The number of para-hydroxylation sites is 2. The van der Waals surface area contributed by atoms with Gasteiger partial charge in [-0.1, -0.05) is 84.9 Å². The number of nitrogens with zero attached hydrogens (tertiary/aromatic N) is 6. The fourth-order valence-corrected chi connectivity index (χ4v) is 8.14. The summed E-state index contributed by atoms with van der Waals surface area (Å²) in [5.41, 5.74) is 13.5. The van der Waals surface area contributed by atoms with Crippen LogP contribution < -0.4 is 0 Å². The Kier molecular flexibility index (Phi) is 7.53. The van der Waals surface area contributed by atoms with Crippen LogP contribution in [0.4, 0.5) is 0 Å². The largest absolute Gasteiger partial charge is 0.308 e. The van der Waals surface area contributed by atoms with E-state index >= 15 is 0 Å². The molecule has 0 N–H and O–H groups in total. The molecule has 0 aliphatic carbocycles. The summed E-state index contributed by atoms with van der Waals surface area (Å²) in [6, 6.07) is 60.1. The molecule has 0 spiro atoms. The van der Waals surface area contributed by atoms with Crippen molar-refractivity contribution in [1.29, 1.82) is 15.8 Å². The molecule has 3 heterocycles. The van der Waals surface area contributed by atoms with Crippen molar-refractivity contribution in [3.05, 3.63) is 187 Å². The lowest BCUT2D eigenvalue weighted by Gasteiger charge is -2.21. The first kappa shape index (κ1) is 32.4. The van der Waals surface area contributed by atoms with Gasteiger partial charge in [-0.25, -0.2) is 0 Å². The zero-order valence-electron chi connectivity index (χ0n) is 29.8. The summed E-state index contributed by atoms with van der Waals surface area (Å²) < 4.78 is 4.57. The number of fused-ring (bicyclic) bond motifs is 6. The van der Waals surface area contributed by atoms with E-state index in [1.54, 1.807) is 0 Å². The van der Waals surface area contributed by atoms with Crippen LogP contribution in [0.2, 0.25) is 0 Å². The van der Waals surface area contributed by atoms with Gasteiger partial charge in [0.25, 0.3) is 0 Å². The van der Waals surface area contributed by atoms with Crippen LogP contribution in [0.15, 0.2) is 170 Å². The fraction of sp³-hybridized carbons (Fsp3) is 0. The Labute approximate surface area is 322 Å². The van der Waals surface area contributed by atoms with Crippen molar-refractivity contribution < 1.29 is 0 Å². The summed E-state index contributed by atoms with van der Waals surface area (Å²) >= 11 is 0. The van der Waals surface area contributed by atoms with Crippen LogP contribution in [-0.4, -0.2) is 14.1 Å². The summed E-state index contributed by atoms with van der Waals surface area (Å²) in [6.07, 6.45) is 3.62. The number of hydrogen-bond acceptors (Lipinski definition) is 4. The first-order valence-corrected chi connectivity index (χ1v) is 18.2. The third-order valence-corrected chi connectivity index (χ3v) is 10.7. The first-order chi connectivity index (χ1) is 27.6. The molecule has 7 aromatic carbocycles. The van der Waals surface area contributed by atoms with Crippen molar-refractivity contribution in [3.8, 4) is 63.0 Å². The number of aromatic nitrogens is 3. The highest BCUT2D eigenvalue weighted by Crippen LogP contribution is 2.43. The topological polar surface area (TPSA) is 94.1 Å². The standard InChI is InChI=1S/C50H28N6/c51-29-32-9-13-35(14-10-32)38-17-19-42-40-5-1-3-7-44(40)55(46(42)27-38)48-25-34(31-53)26-49(50(48)37-21-23-54-24-22-37)56-45-8-4-2-6-41(45)43-20-18-39(28-47(43)56)36-15-11-33(30-52)12-16-36/h1-28H. The Bertz CT molecular complexity index is 3120. The Balaban J connectivity index is 1.33. The summed E-state index contributed by atoms with van der Waals surface area (Å²) in [4.78, 5) is 4.40. The predicted molar refractivity (Wildman–Crippen MR) is 223 cm³/mol. The highest BCUT2D eigenvalue weighted by Gasteiger charge is 2.23. The van der Waals surface area contributed by atoms with Gasteiger partial charge in [0.15, 0.2) is 0 Å². The molecule has 0 bridgehead atoms. The zero-order valence-corrected chi connectivity index (χ0v) is 29.8. The van der Waals surface area contributed by atoms with Gasteiger partial charge in [0.2, 0.25) is 0 Å². The van der Waals surface area contributed by atoms with E-state index < -0.39 is 0 Å². The molecule has 0 saturated heterocycles. The van der Waals surface area contributed by atoms with Crippen molar-refractivity contribution in [2.24, 2.45) is 0 Å². The van der Waals surface area contributed by atoms with Gasteiger partial charge < -0.3 is 9.13 Å². The first-order valence-electron chi connectivity index (χ1n) is 18.2. The Morgan fingerprint density at radius 1 is 0.357 bits per heavy atom. The lowest BCUT2D eigenvalue weighted by atomic mass is 9.98. The maximum atomic E-state index is 10.7. The molecule has 0 aliphatic rings. The van der Waals surface area contributed by atoms with Crippen LogP contribution in [0.3, 0.4) is 0 Å². The van der Waals surface area contributed by atoms with Gasteiger partial charge in [0.05, 0.1) is 68.3 Å². The quantitative estimate of drug-likeness (QED) is 0.177. The molecular formula is C50H28N6. The van der Waals surface area contributed by atoms with Crippen molar-refractivity contribution in [2.75, 3.05) is 0 Å². The molecule has 56 heavy (non-hydrogen) atoms. The second-order valence-electron chi connectivity index (χ2n) is 13.8. The van der Waals surface area contributed by atoms with E-state index in [-0.39, 0.29) is 0 Å². The highest BCUT2D eigenvalue weighted by molar-refractivity contribution is 6.13. The van der Waals surface area contributed by atoms with Crippen LogP contribution in [-0.2, 0) is 0 Å². The molecule has 0 amide bonds. The minimum absolute atomic E-state index is 0.524. The molecule has 0 unspecified atom stereocenters. The highest BCUT2D eigenvalue weighted by atomic mass is 15.0. The number of pyridine rings is 1. The molecule has 0 aliphatic heterocycles. The van der Waals surface area contributed by atoms with Crippen molar-refractivity contribution in [1.82, 2.24) is 14.1 Å². The predicted octanol–water partition coefficient (Wildman–Crippen LogP) is 11.9. The van der Waals surface area contributed by atoms with Crippen LogP contribution in [0.25, 0.3) is 88.4 Å². The molecular weight excluding hydrogens is 685 g/mol. The molecule has 6 nitrogen and oxygen atoms in total. The monoisotopic (exact) mass is 712 g/mol. The van der Waals surface area contributed by atoms with Gasteiger partial charge in [-0.2, -0.15) is 15.8 Å². The number of hydrogen-bond donors (Lipinski definition) is 0. The van der Waals surface area contributed by atoms with Gasteiger partial charge in [-0.05, 0) is 101 Å². The van der Waals surface area contributed by atoms with Gasteiger partial charge >= 0.3 is 0 Å². The molecule has 0 fully saturated rings. The smallest absolute Gasteiger partial charge is 0.0993 e. The normalized spacial score (nSPS) is 11.2. The second-order valence-corrected chi connectivity index (χ2v) is 13.8. The summed E-state index contributed by atoms with van der Waals surface area (Å²) in [5.74, 6) is 0. The third kappa shape index (κ3) is 5.12. The van der Waals surface area contributed by atoms with Crippen LogP contribution in [0.5, 0.6) is 0 Å². The summed E-state index contributed by atoms with van der Waals surface area (Å²) in [7, 11) is 0. The van der Waals surface area contributed by atoms with E-state index in [4.69, 9.17) is 0 Å². The van der Waals surface area contributed by atoms with Crippen LogP contribution >= 0.6 is 0 Å². The molecule has 258 valence electrons. The molecule has 10 aromatic rings. The SMILES string of the molecule is N#Cc1ccc(-c2ccc3c4ccccc4n(-c4cc(C#N)cc(-n5c6ccccc6c6ccc(-c7ccc(C#N)cc7)cc65)c4-c4ccncc4)c3c2)cc1.